The molecule has 0 spiro atoms. The first-order chi connectivity index (χ1) is 5.52. The second-order valence-electron chi connectivity index (χ2n) is 2.41. The summed E-state index contributed by atoms with van der Waals surface area (Å²) in [5.41, 5.74) is -0.191. The van der Waals surface area contributed by atoms with Gasteiger partial charge >= 0.3 is 0 Å². The number of rotatable bonds is 1. The van der Waals surface area contributed by atoms with Gasteiger partial charge < -0.3 is 0 Å². The zero-order chi connectivity index (χ0) is 9.30. The molecule has 0 radical (unpaired) electrons. The highest BCUT2D eigenvalue weighted by atomic mass is 35.5. The van der Waals surface area contributed by atoms with E-state index in [-0.39, 0.29) is 16.1 Å². The maximum absolute atomic E-state index is 12.8. The predicted molar refractivity (Wildman–Crippen MR) is 41.1 cm³/mol. The van der Waals surface area contributed by atoms with Gasteiger partial charge in [0.1, 0.15) is 5.82 Å². The average molecular weight is 195 g/mol. The molecule has 0 N–H and O–H groups in total. The predicted octanol–water partition coefficient (Wildman–Crippen LogP) is 3.73. The summed E-state index contributed by atoms with van der Waals surface area (Å²) in [5, 5.41) is 0.0327. The van der Waals surface area contributed by atoms with Crippen LogP contribution in [0.2, 0.25) is 5.02 Å². The molecule has 0 aliphatic rings. The molecule has 0 aliphatic heterocycles. The molecule has 1 aromatic carbocycles. The fraction of sp³-hybridized carbons (Fsp3) is 0.250. The molecule has 0 amide bonds. The molecule has 0 nitrogen and oxygen atoms in total. The SMILES string of the molecule is Cc1c(F)cc(C(F)F)cc1Cl. The van der Waals surface area contributed by atoms with Gasteiger partial charge in [-0.1, -0.05) is 11.6 Å². The van der Waals surface area contributed by atoms with Crippen molar-refractivity contribution >= 4 is 11.6 Å². The standard InChI is InChI=1S/C8H6ClF3/c1-4-6(9)2-5(8(11)12)3-7(4)10/h2-3,8H,1H3. The van der Waals surface area contributed by atoms with Gasteiger partial charge in [-0.3, -0.25) is 0 Å². The molecule has 0 unspecified atom stereocenters. The Morgan fingerprint density at radius 2 is 1.92 bits per heavy atom. The lowest BCUT2D eigenvalue weighted by atomic mass is 10.1. The third-order valence-electron chi connectivity index (χ3n) is 1.56. The van der Waals surface area contributed by atoms with Gasteiger partial charge in [0.15, 0.2) is 0 Å². The van der Waals surface area contributed by atoms with Gasteiger partial charge in [0.25, 0.3) is 6.43 Å². The minimum atomic E-state index is -2.68. The maximum atomic E-state index is 12.8. The maximum Gasteiger partial charge on any atom is 0.264 e. The number of hydrogen-bond acceptors (Lipinski definition) is 0. The molecule has 0 heterocycles. The lowest BCUT2D eigenvalue weighted by molar-refractivity contribution is 0.151. The van der Waals surface area contributed by atoms with Gasteiger partial charge in [-0.2, -0.15) is 0 Å². The lowest BCUT2D eigenvalue weighted by Gasteiger charge is -2.03. The first-order valence-electron chi connectivity index (χ1n) is 3.26. The van der Waals surface area contributed by atoms with Gasteiger partial charge in [0.2, 0.25) is 0 Å². The van der Waals surface area contributed by atoms with E-state index in [0.29, 0.717) is 0 Å². The minimum absolute atomic E-state index is 0.0327. The zero-order valence-electron chi connectivity index (χ0n) is 6.24. The lowest BCUT2D eigenvalue weighted by Crippen LogP contribution is -1.90. The molecule has 1 rings (SSSR count). The van der Waals surface area contributed by atoms with Crippen LogP contribution in [0.1, 0.15) is 17.6 Å². The largest absolute Gasteiger partial charge is 0.264 e. The quantitative estimate of drug-likeness (QED) is 0.639. The Morgan fingerprint density at radius 1 is 1.33 bits per heavy atom. The Morgan fingerprint density at radius 3 is 2.33 bits per heavy atom. The van der Waals surface area contributed by atoms with E-state index in [1.54, 1.807) is 0 Å². The van der Waals surface area contributed by atoms with Crippen molar-refractivity contribution < 1.29 is 13.2 Å². The molecule has 0 bridgehead atoms. The Bertz CT molecular complexity index is 273. The number of hydrogen-bond donors (Lipinski definition) is 0. The van der Waals surface area contributed by atoms with E-state index in [0.717, 1.165) is 12.1 Å². The smallest absolute Gasteiger partial charge is 0.207 e. The van der Waals surface area contributed by atoms with Gasteiger partial charge in [-0.05, 0) is 19.1 Å². The van der Waals surface area contributed by atoms with Gasteiger partial charge in [0, 0.05) is 16.1 Å². The van der Waals surface area contributed by atoms with E-state index in [4.69, 9.17) is 11.6 Å². The fourth-order valence-electron chi connectivity index (χ4n) is 0.791. The Hall–Kier alpha value is -0.700. The summed E-state index contributed by atoms with van der Waals surface area (Å²) in [4.78, 5) is 0. The summed E-state index contributed by atoms with van der Waals surface area (Å²) in [7, 11) is 0. The molecule has 1 aromatic rings. The first-order valence-corrected chi connectivity index (χ1v) is 3.64. The molecule has 0 aliphatic carbocycles. The third kappa shape index (κ3) is 1.72. The van der Waals surface area contributed by atoms with Crippen LogP contribution in [-0.2, 0) is 0 Å². The van der Waals surface area contributed by atoms with Crippen molar-refractivity contribution in [3.63, 3.8) is 0 Å². The van der Waals surface area contributed by atoms with Crippen LogP contribution in [0.25, 0.3) is 0 Å². The fourth-order valence-corrected chi connectivity index (χ4v) is 1.01. The van der Waals surface area contributed by atoms with E-state index in [1.165, 1.54) is 6.92 Å². The second-order valence-corrected chi connectivity index (χ2v) is 2.82. The highest BCUT2D eigenvalue weighted by molar-refractivity contribution is 6.31. The van der Waals surface area contributed by atoms with Gasteiger partial charge in [-0.15, -0.1) is 0 Å². The van der Waals surface area contributed by atoms with Crippen molar-refractivity contribution in [1.82, 2.24) is 0 Å². The van der Waals surface area contributed by atoms with Crippen LogP contribution >= 0.6 is 11.6 Å². The molecule has 0 saturated carbocycles. The third-order valence-corrected chi connectivity index (χ3v) is 1.95. The normalized spacial score (nSPS) is 10.8. The summed E-state index contributed by atoms with van der Waals surface area (Å²) < 4.78 is 36.8. The molecule has 0 atom stereocenters. The molecule has 0 aromatic heterocycles. The Kier molecular flexibility index (Phi) is 2.62. The molecular weight excluding hydrogens is 189 g/mol. The number of alkyl halides is 2. The molecular formula is C8H6ClF3. The molecule has 66 valence electrons. The molecule has 0 saturated heterocycles. The van der Waals surface area contributed by atoms with Crippen LogP contribution in [-0.4, -0.2) is 0 Å². The van der Waals surface area contributed by atoms with E-state index in [2.05, 4.69) is 0 Å². The highest BCUT2D eigenvalue weighted by Gasteiger charge is 2.11. The van der Waals surface area contributed by atoms with Gasteiger partial charge in [-0.25, -0.2) is 13.2 Å². The first kappa shape index (κ1) is 9.39. The summed E-state index contributed by atoms with van der Waals surface area (Å²) in [6.07, 6.45) is -2.68. The van der Waals surface area contributed by atoms with E-state index in [9.17, 15) is 13.2 Å². The van der Waals surface area contributed by atoms with Crippen LogP contribution in [0.4, 0.5) is 13.2 Å². The number of benzene rings is 1. The summed E-state index contributed by atoms with van der Waals surface area (Å²) in [6.45, 7) is 1.44. The van der Waals surface area contributed by atoms with Crippen LogP contribution in [0.5, 0.6) is 0 Å². The van der Waals surface area contributed by atoms with E-state index < -0.39 is 12.2 Å². The summed E-state index contributed by atoms with van der Waals surface area (Å²) in [5.74, 6) is -0.696. The number of halogens is 4. The highest BCUT2D eigenvalue weighted by Crippen LogP contribution is 2.26. The van der Waals surface area contributed by atoms with Crippen molar-refractivity contribution in [2.24, 2.45) is 0 Å². The molecule has 12 heavy (non-hydrogen) atoms. The Balaban J connectivity index is 3.21. The molecule has 0 fully saturated rings. The van der Waals surface area contributed by atoms with Crippen molar-refractivity contribution in [2.75, 3.05) is 0 Å². The van der Waals surface area contributed by atoms with Gasteiger partial charge in [0.05, 0.1) is 0 Å². The topological polar surface area (TPSA) is 0 Å². The Labute approximate surface area is 73.0 Å². The summed E-state index contributed by atoms with van der Waals surface area (Å²) in [6, 6.07) is 1.87. The monoisotopic (exact) mass is 194 g/mol. The van der Waals surface area contributed by atoms with E-state index in [1.807, 2.05) is 0 Å². The van der Waals surface area contributed by atoms with Crippen molar-refractivity contribution in [3.05, 3.63) is 34.1 Å². The minimum Gasteiger partial charge on any atom is -0.207 e. The second kappa shape index (κ2) is 3.35. The van der Waals surface area contributed by atoms with Crippen LogP contribution in [0.3, 0.4) is 0 Å². The van der Waals surface area contributed by atoms with E-state index >= 15 is 0 Å². The average Bonchev–Trinajstić information content (AvgIpc) is 1.99. The summed E-state index contributed by atoms with van der Waals surface area (Å²) >= 11 is 5.49. The van der Waals surface area contributed by atoms with Crippen LogP contribution in [0, 0.1) is 12.7 Å². The van der Waals surface area contributed by atoms with Crippen molar-refractivity contribution in [1.29, 1.82) is 0 Å². The molecule has 4 heteroatoms. The van der Waals surface area contributed by atoms with Crippen LogP contribution < -0.4 is 0 Å². The van der Waals surface area contributed by atoms with Crippen molar-refractivity contribution in [2.45, 2.75) is 13.3 Å². The zero-order valence-corrected chi connectivity index (χ0v) is 7.00. The van der Waals surface area contributed by atoms with Crippen LogP contribution in [0.15, 0.2) is 12.1 Å². The van der Waals surface area contributed by atoms with Crippen molar-refractivity contribution in [3.8, 4) is 0 Å².